The molecule has 33 heavy (non-hydrogen) atoms. The summed E-state index contributed by atoms with van der Waals surface area (Å²) in [4.78, 5) is 20.3. The predicted octanol–water partition coefficient (Wildman–Crippen LogP) is 5.98. The van der Waals surface area contributed by atoms with Crippen LogP contribution in [0.2, 0.25) is 0 Å². The van der Waals surface area contributed by atoms with Crippen molar-refractivity contribution in [3.63, 3.8) is 0 Å². The van der Waals surface area contributed by atoms with Crippen molar-refractivity contribution >= 4 is 22.7 Å². The number of nitrogens with one attached hydrogen (secondary N) is 1. The first kappa shape index (κ1) is 23.1. The first-order chi connectivity index (χ1) is 15.9. The highest BCUT2D eigenvalue weighted by molar-refractivity contribution is 5.79. The third kappa shape index (κ3) is 6.24. The number of hydrogen-bond donors (Lipinski definition) is 2. The molecule has 0 radical (unpaired) electrons. The van der Waals surface area contributed by atoms with Crippen LogP contribution in [-0.4, -0.2) is 33.5 Å². The molecule has 0 saturated heterocycles. The Hall–Kier alpha value is -3.09. The number of carboxylic acids is 1. The van der Waals surface area contributed by atoms with Gasteiger partial charge in [0, 0.05) is 42.6 Å². The Bertz CT molecular complexity index is 1120. The molecule has 0 spiro atoms. The van der Waals surface area contributed by atoms with Crippen LogP contribution in [0.25, 0.3) is 10.9 Å². The van der Waals surface area contributed by atoms with Crippen molar-refractivity contribution in [1.82, 2.24) is 9.97 Å². The first-order valence-corrected chi connectivity index (χ1v) is 11.6. The maximum atomic E-state index is 14.8. The summed E-state index contributed by atoms with van der Waals surface area (Å²) in [6.45, 7) is 0.917. The van der Waals surface area contributed by atoms with Crippen molar-refractivity contribution in [2.75, 3.05) is 11.9 Å². The van der Waals surface area contributed by atoms with E-state index in [1.54, 1.807) is 6.07 Å². The lowest BCUT2D eigenvalue weighted by atomic mass is 9.88. The average Bonchev–Trinajstić information content (AvgIpc) is 2.80. The molecule has 5 nitrogen and oxygen atoms in total. The predicted molar refractivity (Wildman–Crippen MR) is 125 cm³/mol. The number of aryl methyl sites for hydroxylation is 2. The van der Waals surface area contributed by atoms with E-state index in [1.165, 1.54) is 11.8 Å². The van der Waals surface area contributed by atoms with Crippen LogP contribution in [0, 0.1) is 0 Å². The minimum absolute atomic E-state index is 0.271. The van der Waals surface area contributed by atoms with Crippen molar-refractivity contribution in [3.8, 4) is 0 Å². The van der Waals surface area contributed by atoms with Gasteiger partial charge in [-0.2, -0.15) is 0 Å². The van der Waals surface area contributed by atoms with E-state index in [4.69, 9.17) is 0 Å². The molecule has 1 aromatic carbocycles. The highest BCUT2D eigenvalue weighted by Crippen LogP contribution is 2.36. The van der Waals surface area contributed by atoms with E-state index >= 15 is 0 Å². The number of aromatic nitrogens is 2. The summed E-state index contributed by atoms with van der Waals surface area (Å²) in [5.74, 6) is -3.90. The second-order valence-corrected chi connectivity index (χ2v) is 8.86. The number of para-hydroxylation sites is 1. The number of fused-ring (bicyclic) bond motifs is 2. The number of halogens is 2. The van der Waals surface area contributed by atoms with Crippen LogP contribution in [0.5, 0.6) is 0 Å². The summed E-state index contributed by atoms with van der Waals surface area (Å²) in [5.41, 5.74) is 3.43. The number of anilines is 1. The van der Waals surface area contributed by atoms with Gasteiger partial charge < -0.3 is 10.4 Å². The fourth-order valence-corrected chi connectivity index (χ4v) is 4.49. The maximum absolute atomic E-state index is 14.8. The van der Waals surface area contributed by atoms with Crippen molar-refractivity contribution in [2.24, 2.45) is 0 Å². The maximum Gasteiger partial charge on any atom is 0.303 e. The van der Waals surface area contributed by atoms with Gasteiger partial charge in [0.1, 0.15) is 5.82 Å². The molecule has 174 valence electrons. The highest BCUT2D eigenvalue weighted by atomic mass is 19.3. The molecule has 1 atom stereocenters. The monoisotopic (exact) mass is 453 g/mol. The topological polar surface area (TPSA) is 75.1 Å². The molecule has 0 unspecified atom stereocenters. The number of nitrogens with zero attached hydrogens (tertiary/aromatic N) is 2. The van der Waals surface area contributed by atoms with Gasteiger partial charge in [0.25, 0.3) is 0 Å². The van der Waals surface area contributed by atoms with Gasteiger partial charge in [0.05, 0.1) is 11.9 Å². The third-order valence-electron chi connectivity index (χ3n) is 6.23. The molecule has 0 aliphatic carbocycles. The summed E-state index contributed by atoms with van der Waals surface area (Å²) in [5, 5.41) is 13.4. The molecular weight excluding hydrogens is 424 g/mol. The highest BCUT2D eigenvalue weighted by Gasteiger charge is 2.34. The van der Waals surface area contributed by atoms with E-state index < -0.39 is 24.2 Å². The lowest BCUT2D eigenvalue weighted by Gasteiger charge is -2.23. The zero-order chi connectivity index (χ0) is 23.3. The van der Waals surface area contributed by atoms with Gasteiger partial charge in [-0.1, -0.05) is 24.3 Å². The number of pyridine rings is 2. The fourth-order valence-electron chi connectivity index (χ4n) is 4.49. The quantitative estimate of drug-likeness (QED) is 0.369. The molecular formula is C26H29F2N3O2. The Labute approximate surface area is 192 Å². The molecule has 3 heterocycles. The Morgan fingerprint density at radius 3 is 2.88 bits per heavy atom. The summed E-state index contributed by atoms with van der Waals surface area (Å²) in [6, 6.07) is 13.2. The fraction of sp³-hybridized carbons (Fsp3) is 0.423. The molecule has 2 N–H and O–H groups in total. The van der Waals surface area contributed by atoms with E-state index in [0.29, 0.717) is 24.8 Å². The molecule has 3 aromatic rings. The van der Waals surface area contributed by atoms with Crippen molar-refractivity contribution in [2.45, 2.75) is 63.2 Å². The van der Waals surface area contributed by atoms with E-state index in [9.17, 15) is 18.7 Å². The second-order valence-electron chi connectivity index (χ2n) is 8.86. The smallest absolute Gasteiger partial charge is 0.303 e. The molecule has 7 heteroatoms. The number of unbranched alkanes of at least 4 members (excludes halogenated alkanes) is 1. The van der Waals surface area contributed by atoms with Gasteiger partial charge >= 0.3 is 5.97 Å². The van der Waals surface area contributed by atoms with E-state index in [1.807, 2.05) is 30.3 Å². The standard InChI is InChI=1S/C26H29F2N3O2/c27-26(28,12-4-3-8-22-11-10-18-7-5-13-29-25(18)31-22)16-20(15-24(32)33)21-14-19-6-1-2-9-23(19)30-17-21/h1-2,6,9-11,14,17,20H,3-5,7-8,12-13,15-16H2,(H,29,31)(H,32,33)/t20-/m0/s1. The minimum Gasteiger partial charge on any atom is -0.481 e. The largest absolute Gasteiger partial charge is 0.481 e. The Balaban J connectivity index is 1.35. The van der Waals surface area contributed by atoms with E-state index in [0.717, 1.165) is 41.8 Å². The zero-order valence-corrected chi connectivity index (χ0v) is 18.6. The van der Waals surface area contributed by atoms with E-state index in [-0.39, 0.29) is 12.8 Å². The molecule has 0 bridgehead atoms. The summed E-state index contributed by atoms with van der Waals surface area (Å²) < 4.78 is 29.7. The van der Waals surface area contributed by atoms with Crippen LogP contribution in [0.3, 0.4) is 0 Å². The molecule has 4 rings (SSSR count). The van der Waals surface area contributed by atoms with Gasteiger partial charge in [-0.15, -0.1) is 0 Å². The van der Waals surface area contributed by atoms with Crippen molar-refractivity contribution in [3.05, 3.63) is 65.5 Å². The number of carbonyl (C=O) groups is 1. The van der Waals surface area contributed by atoms with Crippen LogP contribution in [0.15, 0.2) is 48.7 Å². The molecule has 0 saturated carbocycles. The first-order valence-electron chi connectivity index (χ1n) is 11.6. The van der Waals surface area contributed by atoms with Crippen LogP contribution >= 0.6 is 0 Å². The van der Waals surface area contributed by atoms with Gasteiger partial charge in [0.2, 0.25) is 5.92 Å². The Morgan fingerprint density at radius 2 is 2.03 bits per heavy atom. The van der Waals surface area contributed by atoms with Gasteiger partial charge in [-0.05, 0) is 61.4 Å². The lowest BCUT2D eigenvalue weighted by Crippen LogP contribution is -2.22. The normalized spacial score (nSPS) is 14.5. The van der Waals surface area contributed by atoms with Gasteiger partial charge in [-0.3, -0.25) is 9.78 Å². The Kier molecular flexibility index (Phi) is 7.16. The number of benzene rings is 1. The van der Waals surface area contributed by atoms with Crippen LogP contribution in [-0.2, 0) is 17.6 Å². The number of hydrogen-bond acceptors (Lipinski definition) is 4. The van der Waals surface area contributed by atoms with Crippen molar-refractivity contribution in [1.29, 1.82) is 0 Å². The molecule has 0 fully saturated rings. The van der Waals surface area contributed by atoms with Crippen LogP contribution in [0.1, 0.15) is 61.3 Å². The van der Waals surface area contributed by atoms with Gasteiger partial charge in [-0.25, -0.2) is 13.8 Å². The number of rotatable bonds is 10. The molecule has 2 aromatic heterocycles. The van der Waals surface area contributed by atoms with Crippen molar-refractivity contribution < 1.29 is 18.7 Å². The molecule has 1 aliphatic rings. The zero-order valence-electron chi connectivity index (χ0n) is 18.6. The van der Waals surface area contributed by atoms with E-state index in [2.05, 4.69) is 21.4 Å². The summed E-state index contributed by atoms with van der Waals surface area (Å²) in [6.07, 6.45) is 4.15. The molecule has 1 aliphatic heterocycles. The number of alkyl halides is 2. The van der Waals surface area contributed by atoms with Crippen LogP contribution in [0.4, 0.5) is 14.6 Å². The van der Waals surface area contributed by atoms with Gasteiger partial charge in [0.15, 0.2) is 0 Å². The number of carboxylic acid groups (broad SMARTS) is 1. The molecule has 0 amide bonds. The lowest BCUT2D eigenvalue weighted by molar-refractivity contribution is -0.138. The number of aliphatic carboxylic acids is 1. The average molecular weight is 454 g/mol. The summed E-state index contributed by atoms with van der Waals surface area (Å²) >= 11 is 0. The minimum atomic E-state index is -2.95. The Morgan fingerprint density at radius 1 is 1.18 bits per heavy atom. The van der Waals surface area contributed by atoms with Crippen LogP contribution < -0.4 is 5.32 Å². The third-order valence-corrected chi connectivity index (χ3v) is 6.23. The second kappa shape index (κ2) is 10.2. The summed E-state index contributed by atoms with van der Waals surface area (Å²) in [7, 11) is 0. The SMILES string of the molecule is O=C(O)C[C@@H](CC(F)(F)CCCCc1ccc2c(n1)NCCC2)c1cnc2ccccc2c1.